The van der Waals surface area contributed by atoms with E-state index in [4.69, 9.17) is 0 Å². The molecule has 1 amide bonds. The molecule has 0 aliphatic carbocycles. The number of aromatic nitrogens is 3. The second kappa shape index (κ2) is 6.60. The van der Waals surface area contributed by atoms with Crippen molar-refractivity contribution in [2.45, 2.75) is 38.8 Å². The van der Waals surface area contributed by atoms with Crippen molar-refractivity contribution in [3.05, 3.63) is 51.7 Å². The molecule has 10 heteroatoms. The summed E-state index contributed by atoms with van der Waals surface area (Å²) in [6, 6.07) is 3.18. The van der Waals surface area contributed by atoms with Crippen molar-refractivity contribution in [1.82, 2.24) is 19.2 Å². The number of nitrogens with zero attached hydrogens (tertiary/aromatic N) is 4. The highest BCUT2D eigenvalue weighted by molar-refractivity contribution is 5.76. The van der Waals surface area contributed by atoms with E-state index in [1.165, 1.54) is 4.90 Å². The summed E-state index contributed by atoms with van der Waals surface area (Å²) in [5.41, 5.74) is -0.451. The number of fused-ring (bicyclic) bond motifs is 1. The predicted octanol–water partition coefficient (Wildman–Crippen LogP) is 1.16. The fourth-order valence-corrected chi connectivity index (χ4v) is 2.77. The Bertz CT molecular complexity index is 886. The lowest BCUT2D eigenvalue weighted by Gasteiger charge is -2.28. The highest BCUT2D eigenvalue weighted by atomic mass is 19.4. The van der Waals surface area contributed by atoms with Crippen molar-refractivity contribution < 1.29 is 23.1 Å². The van der Waals surface area contributed by atoms with E-state index in [1.54, 1.807) is 17.7 Å². The molecule has 0 saturated heterocycles. The molecule has 1 aliphatic rings. The van der Waals surface area contributed by atoms with Gasteiger partial charge in [0.15, 0.2) is 0 Å². The molecule has 0 fully saturated rings. The van der Waals surface area contributed by atoms with Gasteiger partial charge in [-0.25, -0.2) is 0 Å². The van der Waals surface area contributed by atoms with Crippen LogP contribution in [0.15, 0.2) is 29.2 Å². The molecule has 2 aromatic heterocycles. The zero-order valence-electron chi connectivity index (χ0n) is 13.9. The van der Waals surface area contributed by atoms with Gasteiger partial charge in [0.05, 0.1) is 36.1 Å². The Morgan fingerprint density at radius 2 is 2.08 bits per heavy atom. The normalized spacial score (nSPS) is 15.7. The van der Waals surface area contributed by atoms with Gasteiger partial charge < -0.3 is 14.6 Å². The topological polar surface area (TPSA) is 80.4 Å². The lowest BCUT2D eigenvalue weighted by atomic mass is 10.2. The number of carbonyl (C=O) groups excluding carboxylic acids is 1. The number of aliphatic hydroxyl groups is 1. The molecule has 26 heavy (non-hydrogen) atoms. The molecule has 1 unspecified atom stereocenters. The fourth-order valence-electron chi connectivity index (χ4n) is 2.77. The molecule has 0 saturated carbocycles. The van der Waals surface area contributed by atoms with Crippen molar-refractivity contribution in [3.63, 3.8) is 0 Å². The summed E-state index contributed by atoms with van der Waals surface area (Å²) in [5.74, 6) is -0.461. The lowest BCUT2D eigenvalue weighted by molar-refractivity contribution is -0.139. The Kier molecular flexibility index (Phi) is 4.61. The molecule has 7 nitrogen and oxygen atoms in total. The molecule has 1 aliphatic heterocycles. The second-order valence-corrected chi connectivity index (χ2v) is 6.16. The first kappa shape index (κ1) is 18.2. The number of hydrogen-bond donors (Lipinski definition) is 1. The monoisotopic (exact) mass is 370 g/mol. The van der Waals surface area contributed by atoms with E-state index in [2.05, 4.69) is 5.10 Å². The van der Waals surface area contributed by atoms with Crippen LogP contribution in [0.25, 0.3) is 0 Å². The van der Waals surface area contributed by atoms with Gasteiger partial charge in [-0.15, -0.1) is 0 Å². The van der Waals surface area contributed by atoms with Crippen LogP contribution < -0.4 is 5.56 Å². The van der Waals surface area contributed by atoms with E-state index < -0.39 is 35.9 Å². The highest BCUT2D eigenvalue weighted by Crippen LogP contribution is 2.28. The Morgan fingerprint density at radius 1 is 1.35 bits per heavy atom. The van der Waals surface area contributed by atoms with Gasteiger partial charge in [0.2, 0.25) is 5.91 Å². The number of aliphatic hydroxyl groups excluding tert-OH is 1. The van der Waals surface area contributed by atoms with Crippen LogP contribution >= 0.6 is 0 Å². The van der Waals surface area contributed by atoms with Gasteiger partial charge in [0.25, 0.3) is 5.56 Å². The van der Waals surface area contributed by atoms with Crippen LogP contribution in [-0.2, 0) is 30.6 Å². The predicted molar refractivity (Wildman–Crippen MR) is 84.0 cm³/mol. The molecule has 0 bridgehead atoms. The highest BCUT2D eigenvalue weighted by Gasteiger charge is 2.31. The summed E-state index contributed by atoms with van der Waals surface area (Å²) >= 11 is 0. The van der Waals surface area contributed by atoms with E-state index in [1.807, 2.05) is 0 Å². The van der Waals surface area contributed by atoms with E-state index in [0.29, 0.717) is 31.0 Å². The third kappa shape index (κ3) is 3.64. The number of rotatable bonds is 3. The van der Waals surface area contributed by atoms with E-state index in [0.717, 1.165) is 16.3 Å². The van der Waals surface area contributed by atoms with Gasteiger partial charge >= 0.3 is 6.18 Å². The zero-order valence-corrected chi connectivity index (χ0v) is 13.9. The van der Waals surface area contributed by atoms with Crippen LogP contribution in [0, 0.1) is 0 Å². The first-order valence-electron chi connectivity index (χ1n) is 7.95. The lowest BCUT2D eigenvalue weighted by Crippen LogP contribution is -2.41. The molecular weight excluding hydrogens is 353 g/mol. The molecule has 0 radical (unpaired) electrons. The smallest absolute Gasteiger partial charge is 0.387 e. The fraction of sp³-hybridized carbons (Fsp3) is 0.438. The quantitative estimate of drug-likeness (QED) is 0.879. The van der Waals surface area contributed by atoms with Crippen molar-refractivity contribution in [3.8, 4) is 0 Å². The number of amides is 1. The maximum Gasteiger partial charge on any atom is 0.417 e. The minimum Gasteiger partial charge on any atom is -0.387 e. The van der Waals surface area contributed by atoms with Crippen molar-refractivity contribution in [1.29, 1.82) is 0 Å². The first-order chi connectivity index (χ1) is 12.1. The third-order valence-corrected chi connectivity index (χ3v) is 4.21. The molecule has 0 aromatic carbocycles. The molecule has 3 heterocycles. The summed E-state index contributed by atoms with van der Waals surface area (Å²) < 4.78 is 40.8. The van der Waals surface area contributed by atoms with Crippen LogP contribution in [0.4, 0.5) is 13.2 Å². The van der Waals surface area contributed by atoms with Gasteiger partial charge in [0, 0.05) is 18.8 Å². The molecule has 0 spiro atoms. The zero-order chi connectivity index (χ0) is 19.1. The van der Waals surface area contributed by atoms with Gasteiger partial charge in [0.1, 0.15) is 6.54 Å². The summed E-state index contributed by atoms with van der Waals surface area (Å²) in [7, 11) is 0. The van der Waals surface area contributed by atoms with Crippen LogP contribution in [-0.4, -0.2) is 36.8 Å². The SMILES string of the molecule is CC(O)c1cc2n(n1)CCN(C(=O)Cn1cc(C(F)(F)F)ccc1=O)C2. The van der Waals surface area contributed by atoms with Gasteiger partial charge in [-0.05, 0) is 19.1 Å². The largest absolute Gasteiger partial charge is 0.417 e. The molecule has 2 aromatic rings. The average molecular weight is 370 g/mol. The Balaban J connectivity index is 1.76. The summed E-state index contributed by atoms with van der Waals surface area (Å²) in [6.45, 7) is 2.05. The number of carbonyl (C=O) groups is 1. The number of halogens is 3. The van der Waals surface area contributed by atoms with Crippen molar-refractivity contribution >= 4 is 5.91 Å². The molecule has 3 rings (SSSR count). The third-order valence-electron chi connectivity index (χ3n) is 4.21. The van der Waals surface area contributed by atoms with E-state index >= 15 is 0 Å². The van der Waals surface area contributed by atoms with Crippen LogP contribution in [0.1, 0.15) is 30.0 Å². The molecular formula is C16H17F3N4O3. The maximum absolute atomic E-state index is 12.8. The summed E-state index contributed by atoms with van der Waals surface area (Å²) in [4.78, 5) is 25.7. The van der Waals surface area contributed by atoms with E-state index in [-0.39, 0.29) is 6.54 Å². The summed E-state index contributed by atoms with van der Waals surface area (Å²) in [6.07, 6.45) is -4.67. The van der Waals surface area contributed by atoms with Gasteiger partial charge in [-0.3, -0.25) is 14.3 Å². The van der Waals surface area contributed by atoms with Crippen molar-refractivity contribution in [2.75, 3.05) is 6.54 Å². The minimum absolute atomic E-state index is 0.215. The Hall–Kier alpha value is -2.62. The van der Waals surface area contributed by atoms with Crippen LogP contribution in [0.2, 0.25) is 0 Å². The van der Waals surface area contributed by atoms with Crippen LogP contribution in [0.5, 0.6) is 0 Å². The standard InChI is InChI=1S/C16H17F3N4O3/c1-10(24)13-6-12-8-21(4-5-23(12)20-13)15(26)9-22-7-11(16(17,18)19)2-3-14(22)25/h2-3,6-7,10,24H,4-5,8-9H2,1H3. The number of alkyl halides is 3. The van der Waals surface area contributed by atoms with Gasteiger partial charge in [-0.2, -0.15) is 18.3 Å². The van der Waals surface area contributed by atoms with Gasteiger partial charge in [-0.1, -0.05) is 0 Å². The number of pyridine rings is 1. The Morgan fingerprint density at radius 3 is 2.73 bits per heavy atom. The van der Waals surface area contributed by atoms with E-state index in [9.17, 15) is 27.9 Å². The summed E-state index contributed by atoms with van der Waals surface area (Å²) in [5, 5.41) is 13.8. The van der Waals surface area contributed by atoms with Crippen LogP contribution in [0.3, 0.4) is 0 Å². The first-order valence-corrected chi connectivity index (χ1v) is 7.95. The Labute approximate surface area is 146 Å². The maximum atomic E-state index is 12.8. The molecule has 1 N–H and O–H groups in total. The van der Waals surface area contributed by atoms with Crippen molar-refractivity contribution in [2.24, 2.45) is 0 Å². The average Bonchev–Trinajstić information content (AvgIpc) is 2.99. The second-order valence-electron chi connectivity index (χ2n) is 6.16. The molecule has 140 valence electrons. The minimum atomic E-state index is -4.59. The molecule has 1 atom stereocenters. The number of hydrogen-bond acceptors (Lipinski definition) is 4.